The summed E-state index contributed by atoms with van der Waals surface area (Å²) in [7, 11) is 2.08. The van der Waals surface area contributed by atoms with Crippen LogP contribution in [0.5, 0.6) is 0 Å². The maximum atomic E-state index is 12.7. The molecule has 166 valence electrons. The van der Waals surface area contributed by atoms with Crippen molar-refractivity contribution in [3.05, 3.63) is 46.8 Å². The molecule has 0 aliphatic carbocycles. The molecular weight excluding hydrogens is 398 g/mol. The maximum Gasteiger partial charge on any atom is 0.276 e. The smallest absolute Gasteiger partial charge is 0.276 e. The van der Waals surface area contributed by atoms with Crippen molar-refractivity contribution in [3.63, 3.8) is 0 Å². The number of amides is 1. The van der Waals surface area contributed by atoms with Gasteiger partial charge in [-0.05, 0) is 34.6 Å². The zero-order chi connectivity index (χ0) is 21.4. The van der Waals surface area contributed by atoms with Crippen LogP contribution >= 0.6 is 12.4 Å². The summed E-state index contributed by atoms with van der Waals surface area (Å²) in [5.41, 5.74) is 4.38. The second-order valence-electron chi connectivity index (χ2n) is 10.3. The number of benzene rings is 1. The van der Waals surface area contributed by atoms with Crippen LogP contribution in [0.2, 0.25) is 0 Å². The van der Waals surface area contributed by atoms with Crippen LogP contribution in [0.3, 0.4) is 0 Å². The van der Waals surface area contributed by atoms with Crippen LogP contribution in [0.1, 0.15) is 68.7 Å². The van der Waals surface area contributed by atoms with E-state index in [1.165, 1.54) is 16.7 Å². The van der Waals surface area contributed by atoms with E-state index in [1.807, 2.05) is 4.90 Å². The van der Waals surface area contributed by atoms with Crippen LogP contribution in [0.4, 0.5) is 0 Å². The predicted molar refractivity (Wildman–Crippen MR) is 124 cm³/mol. The van der Waals surface area contributed by atoms with E-state index in [1.54, 1.807) is 10.9 Å². The van der Waals surface area contributed by atoms with Crippen molar-refractivity contribution in [2.45, 2.75) is 58.9 Å². The largest absolute Gasteiger partial charge is 0.335 e. The number of carbonyl (C=O) groups excluding carboxylic acids is 1. The highest BCUT2D eigenvalue weighted by Gasteiger charge is 2.23. The molecule has 2 heterocycles. The van der Waals surface area contributed by atoms with E-state index in [4.69, 9.17) is 0 Å². The van der Waals surface area contributed by atoms with E-state index >= 15 is 0 Å². The third-order valence-corrected chi connectivity index (χ3v) is 5.62. The van der Waals surface area contributed by atoms with Gasteiger partial charge in [0.25, 0.3) is 5.91 Å². The Morgan fingerprint density at radius 3 is 1.97 bits per heavy atom. The van der Waals surface area contributed by atoms with E-state index in [2.05, 4.69) is 82.0 Å². The van der Waals surface area contributed by atoms with Gasteiger partial charge in [-0.15, -0.1) is 17.5 Å². The Labute approximate surface area is 187 Å². The minimum absolute atomic E-state index is 0. The fourth-order valence-corrected chi connectivity index (χ4v) is 3.48. The summed E-state index contributed by atoms with van der Waals surface area (Å²) in [4.78, 5) is 16.8. The molecule has 1 amide bonds. The van der Waals surface area contributed by atoms with Crippen LogP contribution in [0.15, 0.2) is 24.4 Å². The lowest BCUT2D eigenvalue weighted by atomic mass is 9.79. The Morgan fingerprint density at radius 1 is 0.933 bits per heavy atom. The molecule has 6 nitrogen and oxygen atoms in total. The number of aromatic nitrogens is 3. The van der Waals surface area contributed by atoms with Crippen molar-refractivity contribution in [1.29, 1.82) is 0 Å². The van der Waals surface area contributed by atoms with Crippen molar-refractivity contribution in [1.82, 2.24) is 24.8 Å². The molecule has 1 fully saturated rings. The molecule has 7 heteroatoms. The van der Waals surface area contributed by atoms with Crippen molar-refractivity contribution >= 4 is 18.3 Å². The van der Waals surface area contributed by atoms with Crippen molar-refractivity contribution < 1.29 is 4.79 Å². The summed E-state index contributed by atoms with van der Waals surface area (Å²) in [6.07, 6.45) is 1.78. The first-order valence-electron chi connectivity index (χ1n) is 10.5. The minimum Gasteiger partial charge on any atom is -0.335 e. The van der Waals surface area contributed by atoms with Crippen LogP contribution in [-0.2, 0) is 17.4 Å². The second kappa shape index (κ2) is 9.06. The Balaban J connectivity index is 0.00000320. The summed E-state index contributed by atoms with van der Waals surface area (Å²) in [6, 6.07) is 6.81. The molecule has 0 radical (unpaired) electrons. The van der Waals surface area contributed by atoms with Crippen LogP contribution in [0.25, 0.3) is 0 Å². The lowest BCUT2D eigenvalue weighted by molar-refractivity contribution is 0.0658. The van der Waals surface area contributed by atoms with Crippen LogP contribution in [0, 0.1) is 0 Å². The zero-order valence-electron chi connectivity index (χ0n) is 19.4. The molecule has 0 N–H and O–H groups in total. The molecule has 30 heavy (non-hydrogen) atoms. The van der Waals surface area contributed by atoms with E-state index in [-0.39, 0.29) is 29.1 Å². The van der Waals surface area contributed by atoms with Crippen LogP contribution < -0.4 is 0 Å². The van der Waals surface area contributed by atoms with Crippen molar-refractivity contribution in [2.24, 2.45) is 0 Å². The van der Waals surface area contributed by atoms with Crippen LogP contribution in [-0.4, -0.2) is 63.9 Å². The quantitative estimate of drug-likeness (QED) is 0.740. The Hall–Kier alpha value is -1.92. The fourth-order valence-electron chi connectivity index (χ4n) is 3.48. The molecule has 0 atom stereocenters. The summed E-state index contributed by atoms with van der Waals surface area (Å²) in [6.45, 7) is 17.3. The highest BCUT2D eigenvalue weighted by Crippen LogP contribution is 2.30. The number of hydrogen-bond donors (Lipinski definition) is 0. The first-order chi connectivity index (χ1) is 13.4. The Bertz CT molecular complexity index is 838. The fraction of sp³-hybridized carbons (Fsp3) is 0.609. The molecule has 2 aromatic rings. The molecule has 1 aliphatic heterocycles. The van der Waals surface area contributed by atoms with Gasteiger partial charge < -0.3 is 9.80 Å². The van der Waals surface area contributed by atoms with E-state index in [9.17, 15) is 4.79 Å². The zero-order valence-corrected chi connectivity index (χ0v) is 20.2. The van der Waals surface area contributed by atoms with Gasteiger partial charge in [0.1, 0.15) is 0 Å². The third kappa shape index (κ3) is 5.82. The van der Waals surface area contributed by atoms with Gasteiger partial charge in [0.2, 0.25) is 0 Å². The molecule has 1 aromatic carbocycles. The maximum absolute atomic E-state index is 12.7. The van der Waals surface area contributed by atoms with Gasteiger partial charge in [-0.25, -0.2) is 4.68 Å². The van der Waals surface area contributed by atoms with Crippen molar-refractivity contribution in [3.8, 4) is 0 Å². The highest BCUT2D eigenvalue weighted by molar-refractivity contribution is 5.92. The van der Waals surface area contributed by atoms with Gasteiger partial charge in [-0.1, -0.05) is 65.0 Å². The molecule has 1 saturated heterocycles. The van der Waals surface area contributed by atoms with Gasteiger partial charge >= 0.3 is 0 Å². The number of likely N-dealkylation sites (N-methyl/N-ethyl adjacent to an activating group) is 1. The van der Waals surface area contributed by atoms with Gasteiger partial charge in [-0.2, -0.15) is 0 Å². The summed E-state index contributed by atoms with van der Waals surface area (Å²) >= 11 is 0. The number of rotatable bonds is 3. The van der Waals surface area contributed by atoms with Gasteiger partial charge in [0.05, 0.1) is 12.7 Å². The average Bonchev–Trinajstić information content (AvgIpc) is 3.08. The molecule has 1 aliphatic rings. The summed E-state index contributed by atoms with van der Waals surface area (Å²) < 4.78 is 1.78. The Kier molecular flexibility index (Phi) is 7.36. The standard InChI is InChI=1S/C23H35N5O.ClH/c1-22(2,3)18-12-17(13-19(14-18)23(4,5)6)15-28-16-20(24-25-28)21(29)27-10-8-26(7)9-11-27;/h12-14,16H,8-11,15H2,1-7H3;1H. The van der Waals surface area contributed by atoms with E-state index in [0.717, 1.165) is 26.2 Å². The summed E-state index contributed by atoms with van der Waals surface area (Å²) in [5, 5.41) is 8.39. The molecule has 0 bridgehead atoms. The van der Waals surface area contributed by atoms with Gasteiger partial charge in [-0.3, -0.25) is 4.79 Å². The van der Waals surface area contributed by atoms with Crippen molar-refractivity contribution in [2.75, 3.05) is 33.2 Å². The Morgan fingerprint density at radius 2 is 1.47 bits per heavy atom. The number of carbonyl (C=O) groups is 1. The summed E-state index contributed by atoms with van der Waals surface area (Å²) in [5.74, 6) is -0.0248. The minimum atomic E-state index is -0.0248. The molecule has 0 saturated carbocycles. The van der Waals surface area contributed by atoms with Gasteiger partial charge in [0.15, 0.2) is 5.69 Å². The topological polar surface area (TPSA) is 54.3 Å². The highest BCUT2D eigenvalue weighted by atomic mass is 35.5. The lowest BCUT2D eigenvalue weighted by Crippen LogP contribution is -2.47. The predicted octanol–water partition coefficient (Wildman–Crippen LogP) is 3.73. The third-order valence-electron chi connectivity index (χ3n) is 5.62. The molecule has 0 spiro atoms. The normalized spacial score (nSPS) is 15.8. The van der Waals surface area contributed by atoms with Gasteiger partial charge in [0, 0.05) is 26.2 Å². The number of halogens is 1. The van der Waals surface area contributed by atoms with E-state index < -0.39 is 0 Å². The second-order valence-corrected chi connectivity index (χ2v) is 10.3. The number of hydrogen-bond acceptors (Lipinski definition) is 4. The number of piperazine rings is 1. The average molecular weight is 434 g/mol. The monoisotopic (exact) mass is 433 g/mol. The molecule has 3 rings (SSSR count). The molecule has 0 unspecified atom stereocenters. The van der Waals surface area contributed by atoms with E-state index in [0.29, 0.717) is 12.2 Å². The first-order valence-corrected chi connectivity index (χ1v) is 10.5. The number of nitrogens with zero attached hydrogens (tertiary/aromatic N) is 5. The first kappa shape index (κ1) is 24.4. The SMILES string of the molecule is CN1CCN(C(=O)c2cn(Cc3cc(C(C)(C)C)cc(C(C)(C)C)c3)nn2)CC1.Cl. The lowest BCUT2D eigenvalue weighted by Gasteiger charge is -2.31. The molecular formula is C23H36ClN5O. The molecule has 1 aromatic heterocycles.